The van der Waals surface area contributed by atoms with E-state index in [1.165, 1.54) is 12.4 Å². The van der Waals surface area contributed by atoms with Gasteiger partial charge in [0.1, 0.15) is 5.60 Å². The molecule has 2 unspecified atom stereocenters. The summed E-state index contributed by atoms with van der Waals surface area (Å²) in [5.74, 6) is 0.836. The SMILES string of the molecule is CCOC(=O)c1cnc(NC2C3CN(C(=O)OC(C)(C)C)CC32)nc1. The van der Waals surface area contributed by atoms with Crippen LogP contribution >= 0.6 is 0 Å². The van der Waals surface area contributed by atoms with E-state index >= 15 is 0 Å². The average Bonchev–Trinajstić information content (AvgIpc) is 2.97. The molecule has 2 fully saturated rings. The topological polar surface area (TPSA) is 93.7 Å². The van der Waals surface area contributed by atoms with Gasteiger partial charge in [-0.05, 0) is 27.7 Å². The largest absolute Gasteiger partial charge is 0.462 e. The zero-order valence-corrected chi connectivity index (χ0v) is 15.0. The Morgan fingerprint density at radius 2 is 1.84 bits per heavy atom. The normalized spacial score (nSPS) is 24.5. The molecule has 1 saturated carbocycles. The van der Waals surface area contributed by atoms with E-state index in [4.69, 9.17) is 9.47 Å². The van der Waals surface area contributed by atoms with Crippen LogP contribution in [0.2, 0.25) is 0 Å². The molecule has 1 amide bonds. The molecule has 1 N–H and O–H groups in total. The Morgan fingerprint density at radius 1 is 1.24 bits per heavy atom. The lowest BCUT2D eigenvalue weighted by Gasteiger charge is -2.26. The highest BCUT2D eigenvalue weighted by Crippen LogP contribution is 2.47. The molecule has 0 spiro atoms. The van der Waals surface area contributed by atoms with Gasteiger partial charge < -0.3 is 19.7 Å². The van der Waals surface area contributed by atoms with E-state index in [1.54, 1.807) is 11.8 Å². The van der Waals surface area contributed by atoms with Crippen LogP contribution in [0.5, 0.6) is 0 Å². The van der Waals surface area contributed by atoms with Crippen molar-refractivity contribution in [1.82, 2.24) is 14.9 Å². The molecule has 8 nitrogen and oxygen atoms in total. The minimum atomic E-state index is -0.476. The van der Waals surface area contributed by atoms with Crippen LogP contribution in [0.15, 0.2) is 12.4 Å². The predicted molar refractivity (Wildman–Crippen MR) is 90.2 cm³/mol. The van der Waals surface area contributed by atoms with Crippen LogP contribution in [0.4, 0.5) is 10.7 Å². The first kappa shape index (κ1) is 17.4. The molecule has 2 aliphatic rings. The van der Waals surface area contributed by atoms with Crippen molar-refractivity contribution in [2.45, 2.75) is 39.3 Å². The van der Waals surface area contributed by atoms with E-state index in [0.29, 0.717) is 43.0 Å². The van der Waals surface area contributed by atoms with E-state index < -0.39 is 11.6 Å². The second kappa shape index (κ2) is 6.50. The summed E-state index contributed by atoms with van der Waals surface area (Å²) in [5.41, 5.74) is -0.143. The molecule has 25 heavy (non-hydrogen) atoms. The second-order valence-corrected chi connectivity index (χ2v) is 7.40. The maximum absolute atomic E-state index is 12.1. The monoisotopic (exact) mass is 348 g/mol. The van der Waals surface area contributed by atoms with Gasteiger partial charge in [-0.15, -0.1) is 0 Å². The van der Waals surface area contributed by atoms with Gasteiger partial charge in [-0.3, -0.25) is 0 Å². The molecule has 1 aliphatic carbocycles. The average molecular weight is 348 g/mol. The summed E-state index contributed by atoms with van der Waals surface area (Å²) in [7, 11) is 0. The highest BCUT2D eigenvalue weighted by atomic mass is 16.6. The number of hydrogen-bond donors (Lipinski definition) is 1. The van der Waals surface area contributed by atoms with Crippen LogP contribution in [0.25, 0.3) is 0 Å². The molecule has 1 saturated heterocycles. The van der Waals surface area contributed by atoms with Crippen molar-refractivity contribution in [3.8, 4) is 0 Å². The number of likely N-dealkylation sites (tertiary alicyclic amines) is 1. The second-order valence-electron chi connectivity index (χ2n) is 7.40. The third-order valence-corrected chi connectivity index (χ3v) is 4.30. The minimum Gasteiger partial charge on any atom is -0.462 e. The van der Waals surface area contributed by atoms with E-state index in [0.717, 1.165) is 0 Å². The summed E-state index contributed by atoms with van der Waals surface area (Å²) in [4.78, 5) is 33.7. The Balaban J connectivity index is 1.48. The number of nitrogens with zero attached hydrogens (tertiary/aromatic N) is 3. The lowest BCUT2D eigenvalue weighted by Crippen LogP contribution is -2.38. The number of ether oxygens (including phenoxy) is 2. The molecule has 2 atom stereocenters. The van der Waals surface area contributed by atoms with Crippen molar-refractivity contribution in [3.05, 3.63) is 18.0 Å². The number of carbonyl (C=O) groups is 2. The smallest absolute Gasteiger partial charge is 0.410 e. The van der Waals surface area contributed by atoms with Crippen molar-refractivity contribution in [2.75, 3.05) is 25.0 Å². The lowest BCUT2D eigenvalue weighted by molar-refractivity contribution is 0.0272. The summed E-state index contributed by atoms with van der Waals surface area (Å²) in [5, 5.41) is 3.27. The van der Waals surface area contributed by atoms with Crippen molar-refractivity contribution in [2.24, 2.45) is 11.8 Å². The highest BCUT2D eigenvalue weighted by Gasteiger charge is 2.57. The number of anilines is 1. The van der Waals surface area contributed by atoms with Gasteiger partial charge >= 0.3 is 12.1 Å². The van der Waals surface area contributed by atoms with Gasteiger partial charge in [0.15, 0.2) is 0 Å². The molecule has 1 aliphatic heterocycles. The molecule has 8 heteroatoms. The first-order chi connectivity index (χ1) is 11.8. The fourth-order valence-corrected chi connectivity index (χ4v) is 3.09. The summed E-state index contributed by atoms with van der Waals surface area (Å²) in [6.07, 6.45) is 2.66. The Labute approximate surface area is 146 Å². The summed E-state index contributed by atoms with van der Waals surface area (Å²) >= 11 is 0. The number of hydrogen-bond acceptors (Lipinski definition) is 7. The molecule has 0 aromatic carbocycles. The highest BCUT2D eigenvalue weighted by molar-refractivity contribution is 5.88. The van der Waals surface area contributed by atoms with Crippen LogP contribution in [-0.4, -0.2) is 58.3 Å². The van der Waals surface area contributed by atoms with E-state index in [9.17, 15) is 9.59 Å². The van der Waals surface area contributed by atoms with Gasteiger partial charge in [0.2, 0.25) is 5.95 Å². The fraction of sp³-hybridized carbons (Fsp3) is 0.647. The maximum Gasteiger partial charge on any atom is 0.410 e. The molecule has 1 aromatic rings. The number of rotatable bonds is 4. The zero-order valence-electron chi connectivity index (χ0n) is 15.0. The lowest BCUT2D eigenvalue weighted by atomic mass is 10.2. The first-order valence-corrected chi connectivity index (χ1v) is 8.52. The predicted octanol–water partition coefficient (Wildman–Crippen LogP) is 1.93. The van der Waals surface area contributed by atoms with Crippen LogP contribution in [0.3, 0.4) is 0 Å². The van der Waals surface area contributed by atoms with Gasteiger partial charge in [-0.1, -0.05) is 0 Å². The molecule has 136 valence electrons. The van der Waals surface area contributed by atoms with Crippen molar-refractivity contribution < 1.29 is 19.1 Å². The van der Waals surface area contributed by atoms with Crippen LogP contribution in [0, 0.1) is 11.8 Å². The molecule has 3 rings (SSSR count). The minimum absolute atomic E-state index is 0.256. The number of nitrogens with one attached hydrogen (secondary N) is 1. The molecular weight excluding hydrogens is 324 g/mol. The molecular formula is C17H24N4O4. The van der Waals surface area contributed by atoms with E-state index in [2.05, 4.69) is 15.3 Å². The molecule has 0 radical (unpaired) electrons. The number of aromatic nitrogens is 2. The van der Waals surface area contributed by atoms with Gasteiger partial charge in [-0.25, -0.2) is 19.6 Å². The van der Waals surface area contributed by atoms with E-state index in [1.807, 2.05) is 20.8 Å². The summed E-state index contributed by atoms with van der Waals surface area (Å²) in [6.45, 7) is 9.02. The number of piperidine rings is 1. The molecule has 0 bridgehead atoms. The van der Waals surface area contributed by atoms with Crippen LogP contribution < -0.4 is 5.32 Å². The molecule has 2 heterocycles. The third-order valence-electron chi connectivity index (χ3n) is 4.30. The van der Waals surface area contributed by atoms with Crippen LogP contribution in [0.1, 0.15) is 38.1 Å². The Bertz CT molecular complexity index is 644. The quantitative estimate of drug-likeness (QED) is 0.831. The summed E-state index contributed by atoms with van der Waals surface area (Å²) in [6, 6.07) is 0.257. The van der Waals surface area contributed by atoms with Gasteiger partial charge in [0, 0.05) is 43.4 Å². The van der Waals surface area contributed by atoms with Crippen LogP contribution in [-0.2, 0) is 9.47 Å². The number of esters is 1. The van der Waals surface area contributed by atoms with Crippen molar-refractivity contribution >= 4 is 18.0 Å². The first-order valence-electron chi connectivity index (χ1n) is 8.52. The standard InChI is InChI=1S/C17H24N4O4/c1-5-24-14(22)10-6-18-15(19-7-10)20-13-11-8-21(9-12(11)13)16(23)25-17(2,3)4/h6-7,11-13H,5,8-9H2,1-4H3,(H,18,19,20). The Morgan fingerprint density at radius 3 is 2.36 bits per heavy atom. The summed E-state index contributed by atoms with van der Waals surface area (Å²) < 4.78 is 10.3. The Hall–Kier alpha value is -2.38. The van der Waals surface area contributed by atoms with Gasteiger partial charge in [-0.2, -0.15) is 0 Å². The van der Waals surface area contributed by atoms with Crippen molar-refractivity contribution in [3.63, 3.8) is 0 Å². The zero-order chi connectivity index (χ0) is 18.2. The number of carbonyl (C=O) groups excluding carboxylic acids is 2. The number of amides is 1. The molecule has 1 aromatic heterocycles. The van der Waals surface area contributed by atoms with Gasteiger partial charge in [0.05, 0.1) is 12.2 Å². The third kappa shape index (κ3) is 4.00. The van der Waals surface area contributed by atoms with Crippen molar-refractivity contribution in [1.29, 1.82) is 0 Å². The van der Waals surface area contributed by atoms with Gasteiger partial charge in [0.25, 0.3) is 0 Å². The fourth-order valence-electron chi connectivity index (χ4n) is 3.09. The van der Waals surface area contributed by atoms with E-state index in [-0.39, 0.29) is 12.1 Å². The Kier molecular flexibility index (Phi) is 4.53. The maximum atomic E-state index is 12.1. The number of fused-ring (bicyclic) bond motifs is 1.